The summed E-state index contributed by atoms with van der Waals surface area (Å²) in [5.74, 6) is 1.19. The number of para-hydroxylation sites is 1. The molecule has 0 amide bonds. The summed E-state index contributed by atoms with van der Waals surface area (Å²) in [6.45, 7) is 15.3. The van der Waals surface area contributed by atoms with Gasteiger partial charge in [-0.15, -0.1) is 0 Å². The fourth-order valence-electron chi connectivity index (χ4n) is 4.19. The first-order valence-corrected chi connectivity index (χ1v) is 16.3. The van der Waals surface area contributed by atoms with E-state index in [1.165, 1.54) is 0 Å². The number of hydrogen-bond donors (Lipinski definition) is 1. The van der Waals surface area contributed by atoms with Gasteiger partial charge in [-0.2, -0.15) is 9.78 Å². The Kier molecular flexibility index (Phi) is 7.24. The second-order valence-electron chi connectivity index (χ2n) is 11.5. The number of rotatable bonds is 9. The van der Waals surface area contributed by atoms with Gasteiger partial charge in [-0.3, -0.25) is 4.79 Å². The van der Waals surface area contributed by atoms with Crippen LogP contribution in [0.15, 0.2) is 47.5 Å². The topological polar surface area (TPSA) is 83.4 Å². The summed E-state index contributed by atoms with van der Waals surface area (Å²) in [4.78, 5) is 13.2. The van der Waals surface area contributed by atoms with Gasteiger partial charge in [0.2, 0.25) is 5.88 Å². The summed E-state index contributed by atoms with van der Waals surface area (Å²) < 4.78 is 17.4. The van der Waals surface area contributed by atoms with Crippen LogP contribution in [0.2, 0.25) is 25.7 Å². The SMILES string of the molecule is Cc1cccc(C)c1Oc1cc(C(C)(C)O)nn1-c1cn(C)c(=O)c2c1ccn2COCC[Si](C)(C)C. The van der Waals surface area contributed by atoms with Gasteiger partial charge in [0.25, 0.3) is 5.56 Å². The van der Waals surface area contributed by atoms with Crippen molar-refractivity contribution in [3.8, 4) is 17.3 Å². The average Bonchev–Trinajstić information content (AvgIpc) is 3.41. The number of aromatic nitrogens is 4. The van der Waals surface area contributed by atoms with Crippen LogP contribution in [0.3, 0.4) is 0 Å². The van der Waals surface area contributed by atoms with Crippen molar-refractivity contribution in [1.29, 1.82) is 0 Å². The Bertz CT molecular complexity index is 1460. The monoisotopic (exact) mass is 522 g/mol. The van der Waals surface area contributed by atoms with Crippen LogP contribution in [0.5, 0.6) is 11.6 Å². The zero-order valence-corrected chi connectivity index (χ0v) is 24.1. The largest absolute Gasteiger partial charge is 0.438 e. The maximum Gasteiger partial charge on any atom is 0.275 e. The molecule has 0 saturated heterocycles. The molecule has 0 aliphatic carbocycles. The second-order valence-corrected chi connectivity index (χ2v) is 17.1. The Morgan fingerprint density at radius 3 is 2.41 bits per heavy atom. The standard InChI is InChI=1S/C28H38N4O4Si/c1-19-10-9-11-20(2)26(19)36-24-16-23(28(3,4)34)29-32(24)22-17-30(5)27(33)25-21(22)12-13-31(25)18-35-14-15-37(6,7)8/h9-13,16-17,34H,14-15,18H2,1-8H3. The highest BCUT2D eigenvalue weighted by molar-refractivity contribution is 6.76. The second kappa shape index (κ2) is 9.96. The van der Waals surface area contributed by atoms with E-state index in [0.717, 1.165) is 28.3 Å². The van der Waals surface area contributed by atoms with Gasteiger partial charge in [0.1, 0.15) is 23.6 Å². The Morgan fingerprint density at radius 2 is 1.78 bits per heavy atom. The number of aryl methyl sites for hydroxylation is 3. The highest BCUT2D eigenvalue weighted by Gasteiger charge is 2.26. The van der Waals surface area contributed by atoms with Gasteiger partial charge in [-0.1, -0.05) is 37.8 Å². The first kappa shape index (κ1) is 26.9. The van der Waals surface area contributed by atoms with E-state index in [1.807, 2.05) is 48.9 Å². The minimum atomic E-state index is -1.21. The van der Waals surface area contributed by atoms with Gasteiger partial charge in [0, 0.05) is 45.6 Å². The lowest BCUT2D eigenvalue weighted by molar-refractivity contribution is 0.0734. The van der Waals surface area contributed by atoms with E-state index in [2.05, 4.69) is 19.6 Å². The summed E-state index contributed by atoms with van der Waals surface area (Å²) in [6.07, 6.45) is 3.62. The Hall–Kier alpha value is -3.14. The van der Waals surface area contributed by atoms with Crippen molar-refractivity contribution in [3.63, 3.8) is 0 Å². The Morgan fingerprint density at radius 1 is 1.11 bits per heavy atom. The van der Waals surface area contributed by atoms with Gasteiger partial charge in [0.05, 0.1) is 11.4 Å². The molecule has 0 aliphatic rings. The van der Waals surface area contributed by atoms with E-state index >= 15 is 0 Å². The van der Waals surface area contributed by atoms with Crippen LogP contribution in [-0.4, -0.2) is 38.7 Å². The van der Waals surface area contributed by atoms with E-state index in [-0.39, 0.29) is 5.56 Å². The number of aliphatic hydroxyl groups is 1. The third-order valence-corrected chi connectivity index (χ3v) is 8.16. The summed E-state index contributed by atoms with van der Waals surface area (Å²) in [5.41, 5.74) is 2.35. The molecule has 3 aromatic heterocycles. The predicted octanol–water partition coefficient (Wildman–Crippen LogP) is 5.47. The van der Waals surface area contributed by atoms with E-state index in [9.17, 15) is 9.90 Å². The van der Waals surface area contributed by atoms with Crippen molar-refractivity contribution < 1.29 is 14.6 Å². The van der Waals surface area contributed by atoms with Crippen molar-refractivity contribution in [2.45, 2.75) is 65.7 Å². The molecular weight excluding hydrogens is 484 g/mol. The molecule has 8 nitrogen and oxygen atoms in total. The van der Waals surface area contributed by atoms with Crippen molar-refractivity contribution in [2.24, 2.45) is 7.05 Å². The lowest BCUT2D eigenvalue weighted by atomic mass is 10.1. The van der Waals surface area contributed by atoms with Crippen LogP contribution in [0, 0.1) is 13.8 Å². The Labute approximate surface area is 219 Å². The summed E-state index contributed by atoms with van der Waals surface area (Å²) in [6, 6.07) is 10.7. The molecule has 1 N–H and O–H groups in total. The molecular formula is C28H38N4O4Si. The van der Waals surface area contributed by atoms with Crippen molar-refractivity contribution >= 4 is 19.0 Å². The normalized spacial score (nSPS) is 12.5. The van der Waals surface area contributed by atoms with Crippen LogP contribution in [0.4, 0.5) is 0 Å². The van der Waals surface area contributed by atoms with Gasteiger partial charge < -0.3 is 23.7 Å². The molecule has 4 rings (SSSR count). The number of benzene rings is 1. The summed E-state index contributed by atoms with van der Waals surface area (Å²) in [7, 11) is 0.511. The highest BCUT2D eigenvalue weighted by Crippen LogP contribution is 2.34. The molecule has 1 aromatic carbocycles. The molecule has 3 heterocycles. The van der Waals surface area contributed by atoms with E-state index < -0.39 is 13.7 Å². The van der Waals surface area contributed by atoms with Gasteiger partial charge in [0.15, 0.2) is 0 Å². The third kappa shape index (κ3) is 5.74. The van der Waals surface area contributed by atoms with Crippen molar-refractivity contribution in [2.75, 3.05) is 6.61 Å². The number of ether oxygens (including phenoxy) is 2. The Balaban J connectivity index is 1.82. The van der Waals surface area contributed by atoms with Gasteiger partial charge >= 0.3 is 0 Å². The maximum absolute atomic E-state index is 13.2. The molecule has 0 fully saturated rings. The summed E-state index contributed by atoms with van der Waals surface area (Å²) in [5, 5.41) is 16.2. The minimum Gasteiger partial charge on any atom is -0.438 e. The third-order valence-electron chi connectivity index (χ3n) is 6.45. The van der Waals surface area contributed by atoms with Crippen LogP contribution < -0.4 is 10.3 Å². The fraction of sp³-hybridized carbons (Fsp3) is 0.429. The van der Waals surface area contributed by atoms with Crippen LogP contribution in [-0.2, 0) is 24.1 Å². The van der Waals surface area contributed by atoms with Crippen LogP contribution >= 0.6 is 0 Å². The number of hydrogen-bond acceptors (Lipinski definition) is 5. The van der Waals surface area contributed by atoms with E-state index in [4.69, 9.17) is 14.6 Å². The first-order chi connectivity index (χ1) is 17.3. The average molecular weight is 523 g/mol. The predicted molar refractivity (Wildman–Crippen MR) is 150 cm³/mol. The van der Waals surface area contributed by atoms with Gasteiger partial charge in [-0.05, 0) is 50.9 Å². The molecule has 0 spiro atoms. The summed E-state index contributed by atoms with van der Waals surface area (Å²) >= 11 is 0. The van der Waals surface area contributed by atoms with Gasteiger partial charge in [-0.25, -0.2) is 0 Å². The van der Waals surface area contributed by atoms with Crippen LogP contribution in [0.25, 0.3) is 16.6 Å². The van der Waals surface area contributed by atoms with E-state index in [0.29, 0.717) is 36.1 Å². The molecule has 0 unspecified atom stereocenters. The zero-order chi connectivity index (χ0) is 27.1. The fourth-order valence-corrected chi connectivity index (χ4v) is 4.94. The molecule has 0 atom stereocenters. The smallest absolute Gasteiger partial charge is 0.275 e. The van der Waals surface area contributed by atoms with Crippen LogP contribution in [0.1, 0.15) is 30.7 Å². The first-order valence-electron chi connectivity index (χ1n) is 12.6. The lowest BCUT2D eigenvalue weighted by Crippen LogP contribution is -2.23. The molecule has 4 aromatic rings. The molecule has 198 valence electrons. The van der Waals surface area contributed by atoms with Crippen molar-refractivity contribution in [1.82, 2.24) is 18.9 Å². The molecule has 0 bridgehead atoms. The maximum atomic E-state index is 13.2. The number of nitrogens with zero attached hydrogens (tertiary/aromatic N) is 4. The minimum absolute atomic E-state index is 0.121. The zero-order valence-electron chi connectivity index (χ0n) is 23.1. The molecule has 0 radical (unpaired) electrons. The highest BCUT2D eigenvalue weighted by atomic mass is 28.3. The molecule has 9 heteroatoms. The molecule has 0 saturated carbocycles. The van der Waals surface area contributed by atoms with Crippen molar-refractivity contribution in [3.05, 3.63) is 69.9 Å². The molecule has 37 heavy (non-hydrogen) atoms. The quantitative estimate of drug-likeness (QED) is 0.233. The molecule has 0 aliphatic heterocycles. The van der Waals surface area contributed by atoms with E-state index in [1.54, 1.807) is 42.4 Å². The number of fused-ring (bicyclic) bond motifs is 1. The lowest BCUT2D eigenvalue weighted by Gasteiger charge is -2.16. The number of pyridine rings is 1.